The van der Waals surface area contributed by atoms with Crippen molar-refractivity contribution < 1.29 is 4.79 Å². The molecule has 25 heavy (non-hydrogen) atoms. The summed E-state index contributed by atoms with van der Waals surface area (Å²) in [6, 6.07) is 9.42. The maximum absolute atomic E-state index is 12.4. The fourth-order valence-corrected chi connectivity index (χ4v) is 3.98. The maximum Gasteiger partial charge on any atom is 0.224 e. The Kier molecular flexibility index (Phi) is 4.74. The molecule has 4 rings (SSSR count). The number of piperazine rings is 1. The summed E-state index contributed by atoms with van der Waals surface area (Å²) in [6.07, 6.45) is 5.55. The first-order chi connectivity index (χ1) is 12.3. The topological polar surface area (TPSA) is 67.2 Å². The van der Waals surface area contributed by atoms with Crippen LogP contribution in [-0.2, 0) is 24.2 Å². The minimum absolute atomic E-state index is 0.198. The second kappa shape index (κ2) is 7.31. The van der Waals surface area contributed by atoms with E-state index in [0.717, 1.165) is 32.6 Å². The zero-order valence-corrected chi connectivity index (χ0v) is 14.4. The van der Waals surface area contributed by atoms with Crippen molar-refractivity contribution >= 4 is 5.91 Å². The second-order valence-corrected chi connectivity index (χ2v) is 6.90. The molecule has 2 aromatic rings. The summed E-state index contributed by atoms with van der Waals surface area (Å²) in [5, 5.41) is 11.0. The highest BCUT2D eigenvalue weighted by atomic mass is 16.2. The molecule has 1 atom stereocenters. The molecule has 0 bridgehead atoms. The third kappa shape index (κ3) is 3.71. The number of benzene rings is 1. The molecule has 1 aliphatic carbocycles. The van der Waals surface area contributed by atoms with Gasteiger partial charge in [-0.1, -0.05) is 24.3 Å². The molecule has 0 saturated carbocycles. The Bertz CT molecular complexity index is 708. The normalized spacial score (nSPS) is 21.1. The Morgan fingerprint density at radius 2 is 1.92 bits per heavy atom. The number of aryl methyl sites for hydroxylation is 2. The first-order valence-electron chi connectivity index (χ1n) is 9.09. The number of hydrogen-bond donors (Lipinski definition) is 0. The number of tetrazole rings is 1. The van der Waals surface area contributed by atoms with Crippen LogP contribution in [0.5, 0.6) is 0 Å². The molecule has 0 N–H and O–H groups in total. The van der Waals surface area contributed by atoms with Crippen molar-refractivity contribution in [2.24, 2.45) is 0 Å². The molecule has 1 amide bonds. The van der Waals surface area contributed by atoms with E-state index in [1.54, 1.807) is 11.0 Å². The van der Waals surface area contributed by atoms with Gasteiger partial charge < -0.3 is 4.90 Å². The molecular formula is C18H24N6O. The molecule has 1 aromatic heterocycles. The van der Waals surface area contributed by atoms with Crippen LogP contribution < -0.4 is 0 Å². The molecule has 1 aliphatic heterocycles. The van der Waals surface area contributed by atoms with Gasteiger partial charge in [0.2, 0.25) is 5.91 Å². The van der Waals surface area contributed by atoms with Crippen LogP contribution in [0.2, 0.25) is 0 Å². The highest BCUT2D eigenvalue weighted by Gasteiger charge is 2.28. The first kappa shape index (κ1) is 16.2. The maximum atomic E-state index is 12.4. The van der Waals surface area contributed by atoms with Crippen molar-refractivity contribution in [3.8, 4) is 0 Å². The number of rotatable bonds is 4. The number of aromatic nitrogens is 4. The minimum Gasteiger partial charge on any atom is -0.340 e. The lowest BCUT2D eigenvalue weighted by atomic mass is 9.87. The van der Waals surface area contributed by atoms with Crippen molar-refractivity contribution in [1.82, 2.24) is 30.0 Å². The van der Waals surface area contributed by atoms with Gasteiger partial charge in [-0.15, -0.1) is 5.10 Å². The van der Waals surface area contributed by atoms with E-state index in [1.165, 1.54) is 24.0 Å². The van der Waals surface area contributed by atoms with Gasteiger partial charge in [0, 0.05) is 38.6 Å². The fraction of sp³-hybridized carbons (Fsp3) is 0.556. The molecule has 1 saturated heterocycles. The lowest BCUT2D eigenvalue weighted by molar-refractivity contribution is -0.133. The van der Waals surface area contributed by atoms with Crippen LogP contribution in [0.25, 0.3) is 0 Å². The smallest absolute Gasteiger partial charge is 0.224 e. The van der Waals surface area contributed by atoms with Gasteiger partial charge in [-0.25, -0.2) is 4.68 Å². The van der Waals surface area contributed by atoms with Crippen LogP contribution in [0.4, 0.5) is 0 Å². The Balaban J connectivity index is 1.26. The third-order valence-corrected chi connectivity index (χ3v) is 5.45. The predicted molar refractivity (Wildman–Crippen MR) is 92.8 cm³/mol. The van der Waals surface area contributed by atoms with Crippen molar-refractivity contribution in [2.45, 2.75) is 38.3 Å². The fourth-order valence-electron chi connectivity index (χ4n) is 3.98. The summed E-state index contributed by atoms with van der Waals surface area (Å²) in [5.74, 6) is 0.198. The van der Waals surface area contributed by atoms with E-state index < -0.39 is 0 Å². The van der Waals surface area contributed by atoms with Crippen LogP contribution >= 0.6 is 0 Å². The van der Waals surface area contributed by atoms with E-state index in [9.17, 15) is 4.79 Å². The lowest BCUT2D eigenvalue weighted by Gasteiger charge is -2.41. The highest BCUT2D eigenvalue weighted by molar-refractivity contribution is 5.76. The van der Waals surface area contributed by atoms with Crippen molar-refractivity contribution in [2.75, 3.05) is 26.2 Å². The van der Waals surface area contributed by atoms with Gasteiger partial charge >= 0.3 is 0 Å². The summed E-state index contributed by atoms with van der Waals surface area (Å²) >= 11 is 0. The summed E-state index contributed by atoms with van der Waals surface area (Å²) in [4.78, 5) is 16.9. The SMILES string of the molecule is O=C(CCn1cnnn1)N1CCN(C2CCc3ccccc3C2)CC1. The quantitative estimate of drug-likeness (QED) is 0.822. The van der Waals surface area contributed by atoms with E-state index >= 15 is 0 Å². The molecular weight excluding hydrogens is 316 g/mol. The Morgan fingerprint density at radius 3 is 2.68 bits per heavy atom. The Labute approximate surface area is 147 Å². The van der Waals surface area contributed by atoms with Crippen LogP contribution in [0.3, 0.4) is 0 Å². The predicted octanol–water partition coefficient (Wildman–Crippen LogP) is 0.765. The van der Waals surface area contributed by atoms with E-state index in [2.05, 4.69) is 44.7 Å². The van der Waals surface area contributed by atoms with Gasteiger partial charge in [-0.3, -0.25) is 9.69 Å². The molecule has 1 aromatic carbocycles. The molecule has 2 aliphatic rings. The van der Waals surface area contributed by atoms with Gasteiger partial charge in [-0.05, 0) is 40.8 Å². The van der Waals surface area contributed by atoms with Crippen LogP contribution in [-0.4, -0.2) is 68.1 Å². The summed E-state index contributed by atoms with van der Waals surface area (Å²) < 4.78 is 1.60. The molecule has 1 unspecified atom stereocenters. The largest absolute Gasteiger partial charge is 0.340 e. The molecule has 7 heteroatoms. The van der Waals surface area contributed by atoms with Gasteiger partial charge in [0.15, 0.2) is 0 Å². The average Bonchev–Trinajstić information content (AvgIpc) is 3.19. The highest BCUT2D eigenvalue weighted by Crippen LogP contribution is 2.25. The molecule has 0 spiro atoms. The van der Waals surface area contributed by atoms with E-state index in [4.69, 9.17) is 0 Å². The minimum atomic E-state index is 0.198. The van der Waals surface area contributed by atoms with Crippen molar-refractivity contribution in [1.29, 1.82) is 0 Å². The number of carbonyl (C=O) groups excluding carboxylic acids is 1. The number of fused-ring (bicyclic) bond motifs is 1. The Hall–Kier alpha value is -2.28. The summed E-state index contributed by atoms with van der Waals surface area (Å²) in [5.41, 5.74) is 3.01. The van der Waals surface area contributed by atoms with E-state index in [0.29, 0.717) is 19.0 Å². The third-order valence-electron chi connectivity index (χ3n) is 5.45. The lowest BCUT2D eigenvalue weighted by Crippen LogP contribution is -2.53. The van der Waals surface area contributed by atoms with Gasteiger partial charge in [0.25, 0.3) is 0 Å². The zero-order valence-electron chi connectivity index (χ0n) is 14.4. The second-order valence-electron chi connectivity index (χ2n) is 6.90. The monoisotopic (exact) mass is 340 g/mol. The van der Waals surface area contributed by atoms with Crippen LogP contribution in [0, 0.1) is 0 Å². The summed E-state index contributed by atoms with van der Waals surface area (Å²) in [7, 11) is 0. The first-order valence-corrected chi connectivity index (χ1v) is 9.09. The average molecular weight is 340 g/mol. The molecule has 7 nitrogen and oxygen atoms in total. The van der Waals surface area contributed by atoms with Crippen LogP contribution in [0.15, 0.2) is 30.6 Å². The van der Waals surface area contributed by atoms with Crippen molar-refractivity contribution in [3.63, 3.8) is 0 Å². The van der Waals surface area contributed by atoms with Gasteiger partial charge in [0.05, 0.1) is 6.54 Å². The molecule has 0 radical (unpaired) electrons. The Morgan fingerprint density at radius 1 is 1.12 bits per heavy atom. The number of amides is 1. The molecule has 1 fully saturated rings. The van der Waals surface area contributed by atoms with Crippen molar-refractivity contribution in [3.05, 3.63) is 41.7 Å². The van der Waals surface area contributed by atoms with E-state index in [1.807, 2.05) is 4.90 Å². The van der Waals surface area contributed by atoms with Gasteiger partial charge in [-0.2, -0.15) is 0 Å². The number of carbonyl (C=O) groups is 1. The summed E-state index contributed by atoms with van der Waals surface area (Å²) in [6.45, 7) is 4.15. The zero-order chi connectivity index (χ0) is 17.1. The van der Waals surface area contributed by atoms with Gasteiger partial charge in [0.1, 0.15) is 6.33 Å². The number of hydrogen-bond acceptors (Lipinski definition) is 5. The molecule has 132 valence electrons. The standard InChI is InChI=1S/C18H24N6O/c25-18(7-8-24-14-19-20-21-24)23-11-9-22(10-12-23)17-6-5-15-3-1-2-4-16(15)13-17/h1-4,14,17H,5-13H2. The molecule has 2 heterocycles. The number of nitrogens with zero attached hydrogens (tertiary/aromatic N) is 6. The van der Waals surface area contributed by atoms with E-state index in [-0.39, 0.29) is 5.91 Å². The van der Waals surface area contributed by atoms with Crippen LogP contribution in [0.1, 0.15) is 24.0 Å².